The summed E-state index contributed by atoms with van der Waals surface area (Å²) in [7, 11) is 0. The number of carbonyl (C=O) groups is 2. The Morgan fingerprint density at radius 1 is 1.12 bits per heavy atom. The maximum Gasteiger partial charge on any atom is 0.243 e. The molecule has 2 amide bonds. The number of aromatic nitrogens is 1. The summed E-state index contributed by atoms with van der Waals surface area (Å²) in [6.45, 7) is 5.39. The normalized spacial score (nSPS) is 11.0. The van der Waals surface area contributed by atoms with E-state index in [0.29, 0.717) is 5.69 Å². The quantitative estimate of drug-likeness (QED) is 0.777. The molecule has 0 saturated carbocycles. The van der Waals surface area contributed by atoms with E-state index in [0.717, 1.165) is 10.6 Å². The topological polar surface area (TPSA) is 71.1 Å². The highest BCUT2D eigenvalue weighted by atomic mass is 32.2. The van der Waals surface area contributed by atoms with Crippen LogP contribution in [0, 0.1) is 5.41 Å². The average Bonchev–Trinajstić information content (AvgIpc) is 2.59. The van der Waals surface area contributed by atoms with Crippen LogP contribution in [0.2, 0.25) is 0 Å². The molecule has 6 heteroatoms. The van der Waals surface area contributed by atoms with Gasteiger partial charge < -0.3 is 10.6 Å². The maximum atomic E-state index is 11.9. The Kier molecular flexibility index (Phi) is 6.58. The highest BCUT2D eigenvalue weighted by Gasteiger charge is 2.21. The summed E-state index contributed by atoms with van der Waals surface area (Å²) in [5.41, 5.74) is 1.37. The van der Waals surface area contributed by atoms with Crippen LogP contribution in [0.5, 0.6) is 0 Å². The lowest BCUT2D eigenvalue weighted by molar-refractivity contribution is -0.130. The van der Waals surface area contributed by atoms with Gasteiger partial charge in [0.1, 0.15) is 0 Å². The third kappa shape index (κ3) is 6.58. The molecule has 25 heavy (non-hydrogen) atoms. The molecule has 0 aliphatic heterocycles. The van der Waals surface area contributed by atoms with E-state index in [1.54, 1.807) is 18.0 Å². The van der Waals surface area contributed by atoms with Crippen molar-refractivity contribution in [3.05, 3.63) is 54.4 Å². The van der Waals surface area contributed by atoms with Crippen molar-refractivity contribution in [2.45, 2.75) is 31.4 Å². The Bertz CT molecular complexity index is 710. The zero-order chi connectivity index (χ0) is 18.3. The van der Waals surface area contributed by atoms with Crippen LogP contribution >= 0.6 is 11.8 Å². The number of anilines is 1. The van der Waals surface area contributed by atoms with Gasteiger partial charge in [-0.05, 0) is 35.9 Å². The fraction of sp³-hybridized carbons (Fsp3) is 0.316. The molecule has 132 valence electrons. The van der Waals surface area contributed by atoms with Crippen molar-refractivity contribution in [2.75, 3.05) is 11.9 Å². The monoisotopic (exact) mass is 357 g/mol. The summed E-state index contributed by atoms with van der Waals surface area (Å²) >= 11 is 1.71. The van der Waals surface area contributed by atoms with Crippen molar-refractivity contribution in [2.24, 2.45) is 5.41 Å². The van der Waals surface area contributed by atoms with Gasteiger partial charge in [-0.25, -0.2) is 0 Å². The van der Waals surface area contributed by atoms with Crippen LogP contribution in [0.15, 0.2) is 53.7 Å². The first-order valence-electron chi connectivity index (χ1n) is 8.04. The van der Waals surface area contributed by atoms with Crippen LogP contribution in [0.1, 0.15) is 26.3 Å². The number of amides is 2. The Balaban J connectivity index is 1.79. The molecule has 2 rings (SSSR count). The first-order valence-corrected chi connectivity index (χ1v) is 9.03. The Morgan fingerprint density at radius 2 is 1.84 bits per heavy atom. The largest absolute Gasteiger partial charge is 0.347 e. The van der Waals surface area contributed by atoms with Crippen LogP contribution in [0.25, 0.3) is 0 Å². The van der Waals surface area contributed by atoms with Crippen molar-refractivity contribution in [1.82, 2.24) is 10.3 Å². The lowest BCUT2D eigenvalue weighted by atomic mass is 9.96. The summed E-state index contributed by atoms with van der Waals surface area (Å²) in [4.78, 5) is 28.9. The highest BCUT2D eigenvalue weighted by Crippen LogP contribution is 2.23. The molecule has 2 N–H and O–H groups in total. The minimum atomic E-state index is -0.507. The first kappa shape index (κ1) is 19.0. The molecular weight excluding hydrogens is 334 g/mol. The van der Waals surface area contributed by atoms with E-state index in [1.807, 2.05) is 63.4 Å². The zero-order valence-electron chi connectivity index (χ0n) is 14.7. The van der Waals surface area contributed by atoms with Crippen LogP contribution in [0.3, 0.4) is 0 Å². The van der Waals surface area contributed by atoms with E-state index in [-0.39, 0.29) is 18.4 Å². The van der Waals surface area contributed by atoms with E-state index in [9.17, 15) is 9.59 Å². The average molecular weight is 357 g/mol. The van der Waals surface area contributed by atoms with Gasteiger partial charge in [-0.2, -0.15) is 0 Å². The predicted molar refractivity (Wildman–Crippen MR) is 101 cm³/mol. The van der Waals surface area contributed by atoms with Crippen LogP contribution in [-0.2, 0) is 15.3 Å². The van der Waals surface area contributed by atoms with Gasteiger partial charge in [0.2, 0.25) is 11.8 Å². The van der Waals surface area contributed by atoms with Crippen molar-refractivity contribution in [3.8, 4) is 0 Å². The SMILES string of the molecule is CC(C)(C)C(=O)NCC(=O)Nc1ccc(SCc2cccnc2)cc1. The molecule has 0 aliphatic carbocycles. The third-order valence-corrected chi connectivity index (χ3v) is 4.44. The van der Waals surface area contributed by atoms with Gasteiger partial charge >= 0.3 is 0 Å². The van der Waals surface area contributed by atoms with Gasteiger partial charge in [0, 0.05) is 34.1 Å². The van der Waals surface area contributed by atoms with Gasteiger partial charge in [-0.1, -0.05) is 26.8 Å². The second kappa shape index (κ2) is 8.67. The van der Waals surface area contributed by atoms with Gasteiger partial charge in [-0.3, -0.25) is 14.6 Å². The number of benzene rings is 1. The molecule has 0 saturated heterocycles. The molecule has 1 heterocycles. The van der Waals surface area contributed by atoms with Crippen molar-refractivity contribution in [3.63, 3.8) is 0 Å². The number of hydrogen-bond acceptors (Lipinski definition) is 4. The van der Waals surface area contributed by atoms with E-state index in [4.69, 9.17) is 0 Å². The van der Waals surface area contributed by atoms with Gasteiger partial charge in [0.25, 0.3) is 0 Å². The Labute approximate surface area is 152 Å². The molecule has 0 aliphatic rings. The number of rotatable bonds is 6. The zero-order valence-corrected chi connectivity index (χ0v) is 15.5. The first-order chi connectivity index (χ1) is 11.8. The summed E-state index contributed by atoms with van der Waals surface area (Å²) in [5, 5.41) is 5.41. The number of nitrogens with one attached hydrogen (secondary N) is 2. The van der Waals surface area contributed by atoms with E-state index >= 15 is 0 Å². The van der Waals surface area contributed by atoms with Crippen LogP contribution < -0.4 is 10.6 Å². The number of carbonyl (C=O) groups excluding carboxylic acids is 2. The molecule has 5 nitrogen and oxygen atoms in total. The number of thioether (sulfide) groups is 1. The van der Waals surface area contributed by atoms with Crippen LogP contribution in [-0.4, -0.2) is 23.3 Å². The van der Waals surface area contributed by atoms with Gasteiger partial charge in [-0.15, -0.1) is 11.8 Å². The van der Waals surface area contributed by atoms with Crippen molar-refractivity contribution >= 4 is 29.3 Å². The standard InChI is InChI=1S/C19H23N3O2S/c1-19(2,3)18(24)21-12-17(23)22-15-6-8-16(9-7-15)25-13-14-5-4-10-20-11-14/h4-11H,12-13H2,1-3H3,(H,21,24)(H,22,23). The van der Waals surface area contributed by atoms with E-state index < -0.39 is 5.41 Å². The minimum absolute atomic E-state index is 0.0341. The molecule has 0 radical (unpaired) electrons. The minimum Gasteiger partial charge on any atom is -0.347 e. The molecule has 0 unspecified atom stereocenters. The summed E-state index contributed by atoms with van der Waals surface area (Å²) in [6, 6.07) is 11.6. The maximum absolute atomic E-state index is 11.9. The second-order valence-corrected chi connectivity index (χ2v) is 7.70. The second-order valence-electron chi connectivity index (χ2n) is 6.66. The Morgan fingerprint density at radius 3 is 2.44 bits per heavy atom. The lowest BCUT2D eigenvalue weighted by Crippen LogP contribution is -2.39. The number of hydrogen-bond donors (Lipinski definition) is 2. The molecule has 0 spiro atoms. The molecule has 0 bridgehead atoms. The summed E-state index contributed by atoms with van der Waals surface area (Å²) in [6.07, 6.45) is 3.61. The fourth-order valence-corrected chi connectivity index (χ4v) is 2.75. The Hall–Kier alpha value is -2.34. The number of nitrogens with zero attached hydrogens (tertiary/aromatic N) is 1. The number of pyridine rings is 1. The third-order valence-electron chi connectivity index (χ3n) is 3.36. The van der Waals surface area contributed by atoms with Crippen molar-refractivity contribution in [1.29, 1.82) is 0 Å². The summed E-state index contributed by atoms with van der Waals surface area (Å²) < 4.78 is 0. The molecule has 0 fully saturated rings. The van der Waals surface area contributed by atoms with Gasteiger partial charge in [0.05, 0.1) is 6.54 Å². The molecule has 2 aromatic rings. The lowest BCUT2D eigenvalue weighted by Gasteiger charge is -2.17. The molecular formula is C19H23N3O2S. The molecule has 0 atom stereocenters. The van der Waals surface area contributed by atoms with E-state index in [1.165, 1.54) is 5.56 Å². The predicted octanol–water partition coefficient (Wildman–Crippen LogP) is 3.47. The summed E-state index contributed by atoms with van der Waals surface area (Å²) in [5.74, 6) is 0.455. The molecule has 1 aromatic heterocycles. The fourth-order valence-electron chi connectivity index (χ4n) is 1.92. The highest BCUT2D eigenvalue weighted by molar-refractivity contribution is 7.98. The van der Waals surface area contributed by atoms with Gasteiger partial charge in [0.15, 0.2) is 0 Å². The van der Waals surface area contributed by atoms with E-state index in [2.05, 4.69) is 15.6 Å². The molecule has 1 aromatic carbocycles. The van der Waals surface area contributed by atoms with Crippen molar-refractivity contribution < 1.29 is 9.59 Å². The smallest absolute Gasteiger partial charge is 0.243 e. The van der Waals surface area contributed by atoms with Crippen LogP contribution in [0.4, 0.5) is 5.69 Å².